The van der Waals surface area contributed by atoms with Crippen LogP contribution in [0, 0.1) is 5.41 Å². The second-order valence-corrected chi connectivity index (χ2v) is 14.8. The van der Waals surface area contributed by atoms with Gasteiger partial charge in [0.25, 0.3) is 0 Å². The van der Waals surface area contributed by atoms with Crippen molar-refractivity contribution in [3.63, 3.8) is 0 Å². The zero-order valence-electron chi connectivity index (χ0n) is 19.6. The van der Waals surface area contributed by atoms with Crippen LogP contribution in [0.25, 0.3) is 0 Å². The molecule has 164 valence electrons. The standard InChI is InChI=1S/C24H41NO3Si/c1-8-24(16-10-18-28-29(6,7)23(2,3)4)15-9-17-25(22(24)26)19-20-11-13-21(27-5)14-12-20/h11-14H,8-10,15-19H2,1-7H3/t24-/m1/s1. The summed E-state index contributed by atoms with van der Waals surface area (Å²) in [7, 11) is -0.0469. The van der Waals surface area contributed by atoms with Crippen molar-refractivity contribution >= 4 is 14.2 Å². The SMILES string of the molecule is CC[C@]1(CCCO[Si](C)(C)C(C)(C)C)CCCN(Cc2ccc(OC)cc2)C1=O. The molecule has 1 saturated heterocycles. The van der Waals surface area contributed by atoms with E-state index < -0.39 is 8.32 Å². The molecule has 0 aliphatic carbocycles. The van der Waals surface area contributed by atoms with E-state index in [-0.39, 0.29) is 10.5 Å². The summed E-state index contributed by atoms with van der Waals surface area (Å²) in [5.74, 6) is 1.18. The molecule has 1 aliphatic rings. The van der Waals surface area contributed by atoms with Gasteiger partial charge in [-0.2, -0.15) is 0 Å². The molecule has 0 radical (unpaired) electrons. The van der Waals surface area contributed by atoms with Crippen LogP contribution < -0.4 is 4.74 Å². The van der Waals surface area contributed by atoms with E-state index in [1.165, 1.54) is 0 Å². The highest BCUT2D eigenvalue weighted by Crippen LogP contribution is 2.40. The minimum Gasteiger partial charge on any atom is -0.497 e. The molecular formula is C24H41NO3Si. The summed E-state index contributed by atoms with van der Waals surface area (Å²) in [6.07, 6.45) is 4.88. The van der Waals surface area contributed by atoms with Gasteiger partial charge < -0.3 is 14.1 Å². The number of carbonyl (C=O) groups excluding carboxylic acids is 1. The van der Waals surface area contributed by atoms with Crippen molar-refractivity contribution in [3.05, 3.63) is 29.8 Å². The maximum atomic E-state index is 13.4. The predicted octanol–water partition coefficient (Wildman–Crippen LogP) is 6.02. The molecule has 1 fully saturated rings. The number of ether oxygens (including phenoxy) is 1. The van der Waals surface area contributed by atoms with Gasteiger partial charge in [0.15, 0.2) is 8.32 Å². The Morgan fingerprint density at radius 1 is 1.17 bits per heavy atom. The number of carbonyl (C=O) groups is 1. The summed E-state index contributed by atoms with van der Waals surface area (Å²) < 4.78 is 11.6. The van der Waals surface area contributed by atoms with Crippen LogP contribution in [0.3, 0.4) is 0 Å². The van der Waals surface area contributed by atoms with Gasteiger partial charge in [0.1, 0.15) is 5.75 Å². The first kappa shape index (κ1) is 23.9. The number of likely N-dealkylation sites (tertiary alicyclic amines) is 1. The average Bonchev–Trinajstić information content (AvgIpc) is 2.67. The van der Waals surface area contributed by atoms with Crippen LogP contribution in [-0.2, 0) is 15.8 Å². The molecule has 29 heavy (non-hydrogen) atoms. The van der Waals surface area contributed by atoms with Gasteiger partial charge in [-0.1, -0.05) is 39.8 Å². The van der Waals surface area contributed by atoms with E-state index in [4.69, 9.17) is 9.16 Å². The lowest BCUT2D eigenvalue weighted by molar-refractivity contribution is -0.148. The lowest BCUT2D eigenvalue weighted by Crippen LogP contribution is -2.48. The molecule has 1 amide bonds. The zero-order valence-corrected chi connectivity index (χ0v) is 20.6. The molecule has 4 nitrogen and oxygen atoms in total. The summed E-state index contributed by atoms with van der Waals surface area (Å²) >= 11 is 0. The molecule has 0 unspecified atom stereocenters. The molecule has 1 atom stereocenters. The third kappa shape index (κ3) is 5.85. The van der Waals surface area contributed by atoms with Gasteiger partial charge in [0.2, 0.25) is 5.91 Å². The van der Waals surface area contributed by atoms with E-state index in [0.29, 0.717) is 12.5 Å². The highest BCUT2D eigenvalue weighted by Gasteiger charge is 2.42. The maximum absolute atomic E-state index is 13.4. The smallest absolute Gasteiger partial charge is 0.229 e. The lowest BCUT2D eigenvalue weighted by Gasteiger charge is -2.42. The Morgan fingerprint density at radius 2 is 1.83 bits per heavy atom. The van der Waals surface area contributed by atoms with E-state index in [9.17, 15) is 4.79 Å². The van der Waals surface area contributed by atoms with Crippen LogP contribution in [0.2, 0.25) is 18.1 Å². The van der Waals surface area contributed by atoms with Gasteiger partial charge in [-0.05, 0) is 67.9 Å². The van der Waals surface area contributed by atoms with Gasteiger partial charge in [-0.25, -0.2) is 0 Å². The Labute approximate surface area is 179 Å². The number of methoxy groups -OCH3 is 1. The quantitative estimate of drug-likeness (QED) is 0.363. The lowest BCUT2D eigenvalue weighted by atomic mass is 9.73. The van der Waals surface area contributed by atoms with Crippen LogP contribution in [0.4, 0.5) is 0 Å². The molecule has 1 aromatic rings. The topological polar surface area (TPSA) is 38.8 Å². The van der Waals surface area contributed by atoms with Gasteiger partial charge in [0, 0.05) is 25.1 Å². The summed E-state index contributed by atoms with van der Waals surface area (Å²) in [5, 5.41) is 0.227. The average molecular weight is 420 g/mol. The molecule has 5 heteroatoms. The van der Waals surface area contributed by atoms with Crippen molar-refractivity contribution in [2.75, 3.05) is 20.3 Å². The van der Waals surface area contributed by atoms with E-state index in [1.807, 2.05) is 12.1 Å². The molecule has 0 aromatic heterocycles. The molecule has 1 aromatic carbocycles. The fourth-order valence-corrected chi connectivity index (χ4v) is 5.03. The highest BCUT2D eigenvalue weighted by atomic mass is 28.4. The molecule has 1 aliphatic heterocycles. The Morgan fingerprint density at radius 3 is 2.38 bits per heavy atom. The van der Waals surface area contributed by atoms with Crippen LogP contribution in [0.5, 0.6) is 5.75 Å². The first-order chi connectivity index (χ1) is 13.5. The number of amides is 1. The van der Waals surface area contributed by atoms with Crippen molar-refractivity contribution < 1.29 is 14.0 Å². The van der Waals surface area contributed by atoms with Crippen LogP contribution >= 0.6 is 0 Å². The Balaban J connectivity index is 1.97. The highest BCUT2D eigenvalue weighted by molar-refractivity contribution is 6.74. The van der Waals surface area contributed by atoms with Crippen molar-refractivity contribution in [3.8, 4) is 5.75 Å². The first-order valence-electron chi connectivity index (χ1n) is 11.1. The predicted molar refractivity (Wildman–Crippen MR) is 123 cm³/mol. The summed E-state index contributed by atoms with van der Waals surface area (Å²) in [6.45, 7) is 15.9. The number of hydrogen-bond donors (Lipinski definition) is 0. The molecule has 0 spiro atoms. The number of nitrogens with zero attached hydrogens (tertiary/aromatic N) is 1. The molecule has 0 N–H and O–H groups in total. The largest absolute Gasteiger partial charge is 0.497 e. The minimum atomic E-state index is -1.72. The number of rotatable bonds is 9. The second kappa shape index (κ2) is 9.65. The molecule has 0 saturated carbocycles. The molecule has 2 rings (SSSR count). The van der Waals surface area contributed by atoms with Crippen LogP contribution in [-0.4, -0.2) is 39.4 Å². The fourth-order valence-electron chi connectivity index (χ4n) is 3.95. The van der Waals surface area contributed by atoms with Crippen molar-refractivity contribution in [2.45, 2.75) is 84.5 Å². The zero-order chi connectivity index (χ0) is 21.7. The molecule has 1 heterocycles. The summed E-state index contributed by atoms with van der Waals surface area (Å²) in [4.78, 5) is 15.5. The third-order valence-electron chi connectivity index (χ3n) is 7.10. The monoisotopic (exact) mass is 419 g/mol. The van der Waals surface area contributed by atoms with Crippen molar-refractivity contribution in [1.29, 1.82) is 0 Å². The number of hydrogen-bond acceptors (Lipinski definition) is 3. The van der Waals surface area contributed by atoms with E-state index >= 15 is 0 Å². The molecular weight excluding hydrogens is 378 g/mol. The van der Waals surface area contributed by atoms with E-state index in [1.54, 1.807) is 7.11 Å². The van der Waals surface area contributed by atoms with Crippen molar-refractivity contribution in [2.24, 2.45) is 5.41 Å². The van der Waals surface area contributed by atoms with Crippen molar-refractivity contribution in [1.82, 2.24) is 4.90 Å². The Bertz CT molecular complexity index is 666. The number of benzene rings is 1. The minimum absolute atomic E-state index is 0.221. The third-order valence-corrected chi connectivity index (χ3v) is 11.6. The van der Waals surface area contributed by atoms with Crippen LogP contribution in [0.15, 0.2) is 24.3 Å². The van der Waals surface area contributed by atoms with Gasteiger partial charge in [-0.15, -0.1) is 0 Å². The maximum Gasteiger partial charge on any atom is 0.229 e. The first-order valence-corrected chi connectivity index (χ1v) is 14.0. The fraction of sp³-hybridized carbons (Fsp3) is 0.708. The van der Waals surface area contributed by atoms with Gasteiger partial charge in [-0.3, -0.25) is 4.79 Å². The molecule has 0 bridgehead atoms. The van der Waals surface area contributed by atoms with E-state index in [0.717, 1.165) is 56.6 Å². The van der Waals surface area contributed by atoms with Crippen LogP contribution in [0.1, 0.15) is 65.4 Å². The summed E-state index contributed by atoms with van der Waals surface area (Å²) in [5.41, 5.74) is 0.939. The summed E-state index contributed by atoms with van der Waals surface area (Å²) in [6, 6.07) is 8.05. The Hall–Kier alpha value is -1.33. The van der Waals surface area contributed by atoms with Gasteiger partial charge in [0.05, 0.1) is 7.11 Å². The number of piperidine rings is 1. The van der Waals surface area contributed by atoms with Gasteiger partial charge >= 0.3 is 0 Å². The van der Waals surface area contributed by atoms with E-state index in [2.05, 4.69) is 57.8 Å². The normalized spacial score (nSPS) is 20.8. The second-order valence-electron chi connectivity index (χ2n) is 10.0. The Kier molecular flexibility index (Phi) is 7.97.